The molecule has 1 aliphatic carbocycles. The number of piperidine rings is 1. The Labute approximate surface area is 177 Å². The Balaban J connectivity index is 1.48. The van der Waals surface area contributed by atoms with E-state index in [2.05, 4.69) is 9.88 Å². The number of carbonyl (C=O) groups is 1. The van der Waals surface area contributed by atoms with E-state index in [-0.39, 0.29) is 17.3 Å². The number of hydrogen-bond acceptors (Lipinski definition) is 4. The number of fused-ring (bicyclic) bond motifs is 3. The van der Waals surface area contributed by atoms with E-state index in [0.29, 0.717) is 23.6 Å². The summed E-state index contributed by atoms with van der Waals surface area (Å²) in [6, 6.07) is 9.50. The van der Waals surface area contributed by atoms with Crippen molar-refractivity contribution in [1.29, 1.82) is 0 Å². The summed E-state index contributed by atoms with van der Waals surface area (Å²) in [5.74, 6) is -0.741. The van der Waals surface area contributed by atoms with E-state index >= 15 is 0 Å². The number of benzene rings is 1. The summed E-state index contributed by atoms with van der Waals surface area (Å²) >= 11 is 0. The molecule has 3 heterocycles. The molecular weight excluding hydrogens is 376 g/mol. The third-order valence-electron chi connectivity index (χ3n) is 7.65. The average molecular weight is 409 g/mol. The monoisotopic (exact) mass is 408 g/mol. The summed E-state index contributed by atoms with van der Waals surface area (Å²) < 4.78 is 1.84. The molecule has 160 valence electrons. The molecule has 5 rings (SSSR count). The molecule has 2 bridgehead atoms. The second-order valence-corrected chi connectivity index (χ2v) is 9.44. The van der Waals surface area contributed by atoms with Gasteiger partial charge in [0.1, 0.15) is 0 Å². The Bertz CT molecular complexity index is 978. The molecule has 3 fully saturated rings. The Morgan fingerprint density at radius 1 is 0.867 bits per heavy atom. The van der Waals surface area contributed by atoms with Gasteiger partial charge < -0.3 is 10.3 Å². The average Bonchev–Trinajstić information content (AvgIpc) is 2.96. The van der Waals surface area contributed by atoms with Crippen LogP contribution < -0.4 is 11.3 Å². The lowest BCUT2D eigenvalue weighted by molar-refractivity contribution is 0.0497. The number of carbonyl (C=O) groups excluding carboxylic acids is 1. The van der Waals surface area contributed by atoms with Crippen LogP contribution in [-0.2, 0) is 0 Å². The van der Waals surface area contributed by atoms with Crippen molar-refractivity contribution >= 4 is 16.9 Å². The number of nitrogens with two attached hydrogens (primary N) is 1. The van der Waals surface area contributed by atoms with Crippen LogP contribution in [0.5, 0.6) is 0 Å². The second-order valence-electron chi connectivity index (χ2n) is 9.44. The SMILES string of the molecule is NC(=O)c1nc2ccccc2n(C2CC3CC[C@@H](C2)N3C2CCCCCCC2)c1=O. The zero-order valence-electron chi connectivity index (χ0n) is 17.6. The molecule has 30 heavy (non-hydrogen) atoms. The van der Waals surface area contributed by atoms with Gasteiger partial charge in [0.25, 0.3) is 11.5 Å². The van der Waals surface area contributed by atoms with Gasteiger partial charge in [-0.05, 0) is 50.7 Å². The van der Waals surface area contributed by atoms with Gasteiger partial charge in [-0.15, -0.1) is 0 Å². The number of primary amides is 1. The molecule has 1 amide bonds. The largest absolute Gasteiger partial charge is 0.364 e. The van der Waals surface area contributed by atoms with Gasteiger partial charge in [-0.2, -0.15) is 0 Å². The zero-order chi connectivity index (χ0) is 20.7. The quantitative estimate of drug-likeness (QED) is 0.838. The minimum atomic E-state index is -0.741. The van der Waals surface area contributed by atoms with E-state index in [1.807, 2.05) is 28.8 Å². The summed E-state index contributed by atoms with van der Waals surface area (Å²) in [6.45, 7) is 0. The van der Waals surface area contributed by atoms with Crippen LogP contribution in [0, 0.1) is 0 Å². The van der Waals surface area contributed by atoms with Crippen LogP contribution in [0.15, 0.2) is 29.1 Å². The second kappa shape index (κ2) is 8.14. The van der Waals surface area contributed by atoms with Crippen LogP contribution in [0.3, 0.4) is 0 Å². The van der Waals surface area contributed by atoms with Crippen molar-refractivity contribution in [1.82, 2.24) is 14.5 Å². The fourth-order valence-electron chi connectivity index (χ4n) is 6.40. The third kappa shape index (κ3) is 3.45. The van der Waals surface area contributed by atoms with Crippen molar-refractivity contribution in [2.24, 2.45) is 5.73 Å². The number of para-hydroxylation sites is 2. The molecule has 2 aliphatic heterocycles. The molecule has 2 unspecified atom stereocenters. The van der Waals surface area contributed by atoms with Crippen molar-refractivity contribution in [2.75, 3.05) is 0 Å². The van der Waals surface area contributed by atoms with Gasteiger partial charge in [-0.25, -0.2) is 4.98 Å². The van der Waals surface area contributed by atoms with Gasteiger partial charge in [-0.3, -0.25) is 14.5 Å². The van der Waals surface area contributed by atoms with Crippen molar-refractivity contribution < 1.29 is 4.79 Å². The molecule has 0 radical (unpaired) electrons. The molecule has 6 heteroatoms. The summed E-state index contributed by atoms with van der Waals surface area (Å²) in [5, 5.41) is 0. The van der Waals surface area contributed by atoms with Gasteiger partial charge in [-0.1, -0.05) is 44.2 Å². The first-order valence-corrected chi connectivity index (χ1v) is 11.7. The molecule has 0 spiro atoms. The fourth-order valence-corrected chi connectivity index (χ4v) is 6.40. The maximum absolute atomic E-state index is 13.2. The van der Waals surface area contributed by atoms with E-state index in [1.54, 1.807) is 0 Å². The Morgan fingerprint density at radius 3 is 2.17 bits per heavy atom. The molecule has 1 aromatic carbocycles. The first-order valence-electron chi connectivity index (χ1n) is 11.7. The molecule has 3 aliphatic rings. The van der Waals surface area contributed by atoms with Crippen LogP contribution in [-0.4, -0.2) is 38.5 Å². The molecule has 2 saturated heterocycles. The standard InChI is InChI=1S/C24H32N4O2/c25-23(29)22-24(30)28(21-11-7-6-10-20(21)26-22)19-14-17-12-13-18(15-19)27(17)16-8-4-2-1-3-5-9-16/h6-7,10-11,16-19H,1-5,8-9,12-15H2,(H2,25,29)/t17-,18?,19?/m0/s1. The van der Waals surface area contributed by atoms with Gasteiger partial charge in [0, 0.05) is 24.2 Å². The van der Waals surface area contributed by atoms with E-state index in [4.69, 9.17) is 5.73 Å². The van der Waals surface area contributed by atoms with Gasteiger partial charge >= 0.3 is 0 Å². The third-order valence-corrected chi connectivity index (χ3v) is 7.65. The van der Waals surface area contributed by atoms with Crippen LogP contribution in [0.2, 0.25) is 0 Å². The topological polar surface area (TPSA) is 81.2 Å². The summed E-state index contributed by atoms with van der Waals surface area (Å²) in [6.07, 6.45) is 13.9. The van der Waals surface area contributed by atoms with E-state index < -0.39 is 5.91 Å². The number of amides is 1. The number of aromatic nitrogens is 2. The summed E-state index contributed by atoms with van der Waals surface area (Å²) in [5.41, 5.74) is 6.51. The van der Waals surface area contributed by atoms with E-state index in [0.717, 1.165) is 18.4 Å². The Hall–Kier alpha value is -2.21. The highest BCUT2D eigenvalue weighted by Gasteiger charge is 2.44. The first kappa shape index (κ1) is 19.7. The minimum absolute atomic E-state index is 0.103. The maximum atomic E-state index is 13.2. The highest BCUT2D eigenvalue weighted by molar-refractivity contribution is 5.92. The van der Waals surface area contributed by atoms with Crippen LogP contribution in [0.25, 0.3) is 11.0 Å². The number of hydrogen-bond donors (Lipinski definition) is 1. The normalized spacial score (nSPS) is 28.3. The minimum Gasteiger partial charge on any atom is -0.364 e. The number of nitrogens with zero attached hydrogens (tertiary/aromatic N) is 3. The highest BCUT2D eigenvalue weighted by atomic mass is 16.2. The van der Waals surface area contributed by atoms with Crippen LogP contribution in [0.1, 0.15) is 87.2 Å². The van der Waals surface area contributed by atoms with Crippen molar-refractivity contribution in [2.45, 2.75) is 94.8 Å². The Morgan fingerprint density at radius 2 is 1.50 bits per heavy atom. The van der Waals surface area contributed by atoms with Crippen molar-refractivity contribution in [3.05, 3.63) is 40.3 Å². The predicted octanol–water partition coefficient (Wildman–Crippen LogP) is 3.78. The van der Waals surface area contributed by atoms with E-state index in [9.17, 15) is 9.59 Å². The van der Waals surface area contributed by atoms with Crippen molar-refractivity contribution in [3.63, 3.8) is 0 Å². The zero-order valence-corrected chi connectivity index (χ0v) is 17.6. The smallest absolute Gasteiger partial charge is 0.282 e. The molecule has 2 N–H and O–H groups in total. The maximum Gasteiger partial charge on any atom is 0.282 e. The first-order chi connectivity index (χ1) is 14.6. The van der Waals surface area contributed by atoms with Gasteiger partial charge in [0.15, 0.2) is 5.69 Å². The van der Waals surface area contributed by atoms with Crippen LogP contribution in [0.4, 0.5) is 0 Å². The lowest BCUT2D eigenvalue weighted by Crippen LogP contribution is -2.50. The number of rotatable bonds is 3. The molecular formula is C24H32N4O2. The fraction of sp³-hybridized carbons (Fsp3) is 0.625. The highest BCUT2D eigenvalue weighted by Crippen LogP contribution is 2.44. The van der Waals surface area contributed by atoms with Crippen LogP contribution >= 0.6 is 0 Å². The molecule has 1 saturated carbocycles. The molecule has 3 atom stereocenters. The lowest BCUT2D eigenvalue weighted by atomic mass is 9.89. The Kier molecular flexibility index (Phi) is 5.35. The predicted molar refractivity (Wildman–Crippen MR) is 118 cm³/mol. The van der Waals surface area contributed by atoms with Crippen molar-refractivity contribution in [3.8, 4) is 0 Å². The lowest BCUT2D eigenvalue weighted by Gasteiger charge is -2.45. The molecule has 2 aromatic rings. The van der Waals surface area contributed by atoms with Gasteiger partial charge in [0.2, 0.25) is 0 Å². The molecule has 6 nitrogen and oxygen atoms in total. The van der Waals surface area contributed by atoms with E-state index in [1.165, 1.54) is 57.8 Å². The summed E-state index contributed by atoms with van der Waals surface area (Å²) in [7, 11) is 0. The summed E-state index contributed by atoms with van der Waals surface area (Å²) in [4.78, 5) is 32.2. The van der Waals surface area contributed by atoms with Gasteiger partial charge in [0.05, 0.1) is 11.0 Å². The molecule has 1 aromatic heterocycles.